The van der Waals surface area contributed by atoms with E-state index in [-0.39, 0.29) is 5.82 Å². The van der Waals surface area contributed by atoms with Gasteiger partial charge in [-0.05, 0) is 50.2 Å². The first-order valence-electron chi connectivity index (χ1n) is 5.81. The van der Waals surface area contributed by atoms with Crippen molar-refractivity contribution in [3.63, 3.8) is 0 Å². The van der Waals surface area contributed by atoms with Crippen molar-refractivity contribution in [2.24, 2.45) is 0 Å². The zero-order chi connectivity index (χ0) is 12.9. The van der Waals surface area contributed by atoms with Crippen molar-refractivity contribution in [1.82, 2.24) is 5.32 Å². The highest BCUT2D eigenvalue weighted by Crippen LogP contribution is 2.21. The number of rotatable bonds is 6. The Hall–Kier alpha value is -0.450. The molecule has 2 N–H and O–H groups in total. The molecule has 0 amide bonds. The average Bonchev–Trinajstić information content (AvgIpc) is 2.14. The van der Waals surface area contributed by atoms with Crippen LogP contribution in [0.3, 0.4) is 0 Å². The molecular formula is C13H19BrFNO. The van der Waals surface area contributed by atoms with E-state index in [2.05, 4.69) is 21.2 Å². The largest absolute Gasteiger partial charge is 0.390 e. The van der Waals surface area contributed by atoms with Gasteiger partial charge in [0.15, 0.2) is 0 Å². The van der Waals surface area contributed by atoms with Gasteiger partial charge in [-0.1, -0.05) is 22.9 Å². The fraction of sp³-hybridized carbons (Fsp3) is 0.538. The van der Waals surface area contributed by atoms with Gasteiger partial charge in [-0.15, -0.1) is 0 Å². The lowest BCUT2D eigenvalue weighted by molar-refractivity contribution is 0.0516. The van der Waals surface area contributed by atoms with Crippen molar-refractivity contribution >= 4 is 15.9 Å². The first-order valence-corrected chi connectivity index (χ1v) is 6.60. The summed E-state index contributed by atoms with van der Waals surface area (Å²) in [4.78, 5) is 0. The highest BCUT2D eigenvalue weighted by Gasteiger charge is 2.20. The van der Waals surface area contributed by atoms with Crippen LogP contribution in [0.4, 0.5) is 4.39 Å². The Bertz CT molecular complexity index is 348. The first-order chi connectivity index (χ1) is 7.93. The highest BCUT2D eigenvalue weighted by molar-refractivity contribution is 9.10. The molecule has 0 radical (unpaired) electrons. The number of hydrogen-bond acceptors (Lipinski definition) is 2. The van der Waals surface area contributed by atoms with Gasteiger partial charge in [-0.3, -0.25) is 0 Å². The van der Waals surface area contributed by atoms with E-state index in [9.17, 15) is 9.50 Å². The summed E-state index contributed by atoms with van der Waals surface area (Å²) < 4.78 is 13.9. The summed E-state index contributed by atoms with van der Waals surface area (Å²) in [5.74, 6) is -0.281. The zero-order valence-corrected chi connectivity index (χ0v) is 11.8. The Morgan fingerprint density at radius 1 is 1.41 bits per heavy atom. The van der Waals surface area contributed by atoms with E-state index >= 15 is 0 Å². The molecule has 0 saturated heterocycles. The van der Waals surface area contributed by atoms with E-state index < -0.39 is 5.60 Å². The Balaban J connectivity index is 2.62. The second-order valence-electron chi connectivity index (χ2n) is 4.55. The summed E-state index contributed by atoms with van der Waals surface area (Å²) in [6, 6.07) is 4.72. The van der Waals surface area contributed by atoms with Gasteiger partial charge in [0.05, 0.1) is 5.60 Å². The molecule has 0 heterocycles. The molecule has 0 fully saturated rings. The van der Waals surface area contributed by atoms with Gasteiger partial charge in [0.25, 0.3) is 0 Å². The summed E-state index contributed by atoms with van der Waals surface area (Å²) in [7, 11) is 0. The van der Waals surface area contributed by atoms with Crippen LogP contribution in [0.25, 0.3) is 0 Å². The smallest absolute Gasteiger partial charge is 0.124 e. The van der Waals surface area contributed by atoms with Crippen LogP contribution in [0, 0.1) is 5.82 Å². The Kier molecular flexibility index (Phi) is 5.56. The lowest BCUT2D eigenvalue weighted by Crippen LogP contribution is -2.32. The van der Waals surface area contributed by atoms with Crippen LogP contribution in [0.5, 0.6) is 0 Å². The highest BCUT2D eigenvalue weighted by atomic mass is 79.9. The van der Waals surface area contributed by atoms with Crippen molar-refractivity contribution in [3.8, 4) is 0 Å². The molecule has 0 aliphatic carbocycles. The lowest BCUT2D eigenvalue weighted by Gasteiger charge is -2.23. The van der Waals surface area contributed by atoms with Gasteiger partial charge in [-0.2, -0.15) is 0 Å². The molecule has 1 aromatic rings. The summed E-state index contributed by atoms with van der Waals surface area (Å²) in [6.07, 6.45) is 1.10. The van der Waals surface area contributed by atoms with Crippen molar-refractivity contribution in [1.29, 1.82) is 0 Å². The summed E-state index contributed by atoms with van der Waals surface area (Å²) in [5.41, 5.74) is -0.00607. The number of hydrogen-bond donors (Lipinski definition) is 2. The topological polar surface area (TPSA) is 32.3 Å². The molecule has 4 heteroatoms. The van der Waals surface area contributed by atoms with E-state index in [0.717, 1.165) is 18.7 Å². The maximum absolute atomic E-state index is 13.2. The number of aliphatic hydroxyl groups is 1. The van der Waals surface area contributed by atoms with Crippen molar-refractivity contribution in [2.45, 2.75) is 32.3 Å². The minimum absolute atomic E-state index is 0.281. The second kappa shape index (κ2) is 6.47. The molecule has 1 aromatic carbocycles. The molecule has 1 rings (SSSR count). The molecule has 0 saturated carbocycles. The maximum atomic E-state index is 13.2. The van der Waals surface area contributed by atoms with Crippen molar-refractivity contribution in [3.05, 3.63) is 34.1 Å². The number of nitrogens with one attached hydrogen (secondary N) is 1. The van der Waals surface area contributed by atoms with E-state index in [0.29, 0.717) is 17.3 Å². The Labute approximate surface area is 110 Å². The molecule has 17 heavy (non-hydrogen) atoms. The monoisotopic (exact) mass is 303 g/mol. The van der Waals surface area contributed by atoms with Crippen LogP contribution in [-0.4, -0.2) is 23.8 Å². The van der Waals surface area contributed by atoms with Crippen molar-refractivity contribution < 1.29 is 9.50 Å². The van der Waals surface area contributed by atoms with Crippen molar-refractivity contribution in [2.75, 3.05) is 13.1 Å². The fourth-order valence-corrected chi connectivity index (χ4v) is 2.29. The number of benzene rings is 1. The van der Waals surface area contributed by atoms with Crippen LogP contribution >= 0.6 is 15.9 Å². The maximum Gasteiger partial charge on any atom is 0.124 e. The van der Waals surface area contributed by atoms with E-state index in [1.807, 2.05) is 13.0 Å². The summed E-state index contributed by atoms with van der Waals surface area (Å²) in [5, 5.41) is 13.4. The van der Waals surface area contributed by atoms with Gasteiger partial charge in [0.2, 0.25) is 0 Å². The Morgan fingerprint density at radius 3 is 2.71 bits per heavy atom. The van der Waals surface area contributed by atoms with E-state index in [4.69, 9.17) is 0 Å². The quantitative estimate of drug-likeness (QED) is 0.792. The van der Waals surface area contributed by atoms with Gasteiger partial charge < -0.3 is 10.4 Å². The minimum atomic E-state index is -0.810. The molecule has 1 unspecified atom stereocenters. The SMILES string of the molecule is CCNCCC(C)(O)Cc1cc(F)cc(Br)c1. The third-order valence-corrected chi connectivity index (χ3v) is 3.06. The fourth-order valence-electron chi connectivity index (χ4n) is 1.78. The molecule has 0 bridgehead atoms. The second-order valence-corrected chi connectivity index (χ2v) is 5.47. The van der Waals surface area contributed by atoms with Crippen LogP contribution < -0.4 is 5.32 Å². The average molecular weight is 304 g/mol. The predicted molar refractivity (Wildman–Crippen MR) is 71.6 cm³/mol. The standard InChI is InChI=1S/C13H19BrFNO/c1-3-16-5-4-13(2,17)9-10-6-11(14)8-12(15)7-10/h6-8,16-17H,3-5,9H2,1-2H3. The molecule has 1 atom stereocenters. The van der Waals surface area contributed by atoms with Gasteiger partial charge in [0, 0.05) is 10.9 Å². The van der Waals surface area contributed by atoms with Gasteiger partial charge in [-0.25, -0.2) is 4.39 Å². The predicted octanol–water partition coefficient (Wildman–Crippen LogP) is 2.88. The van der Waals surface area contributed by atoms with Crippen LogP contribution in [0.2, 0.25) is 0 Å². The van der Waals surface area contributed by atoms with Crippen LogP contribution in [-0.2, 0) is 6.42 Å². The normalized spacial score (nSPS) is 14.6. The molecular weight excluding hydrogens is 285 g/mol. The molecule has 2 nitrogen and oxygen atoms in total. The van der Waals surface area contributed by atoms with E-state index in [1.165, 1.54) is 12.1 Å². The molecule has 96 valence electrons. The molecule has 0 aliphatic rings. The molecule has 0 spiro atoms. The third kappa shape index (κ3) is 5.61. The minimum Gasteiger partial charge on any atom is -0.390 e. The van der Waals surface area contributed by atoms with Gasteiger partial charge >= 0.3 is 0 Å². The molecule has 0 aromatic heterocycles. The Morgan fingerprint density at radius 2 is 2.12 bits per heavy atom. The first kappa shape index (κ1) is 14.6. The van der Waals surface area contributed by atoms with Crippen LogP contribution in [0.1, 0.15) is 25.8 Å². The third-order valence-electron chi connectivity index (χ3n) is 2.60. The zero-order valence-electron chi connectivity index (χ0n) is 10.3. The summed E-state index contributed by atoms with van der Waals surface area (Å²) >= 11 is 3.25. The van der Waals surface area contributed by atoms with Crippen LogP contribution in [0.15, 0.2) is 22.7 Å². The summed E-state index contributed by atoms with van der Waals surface area (Å²) in [6.45, 7) is 5.46. The van der Waals surface area contributed by atoms with E-state index in [1.54, 1.807) is 6.92 Å². The number of halogens is 2. The lowest BCUT2D eigenvalue weighted by atomic mass is 9.93. The molecule has 0 aliphatic heterocycles. The van der Waals surface area contributed by atoms with Gasteiger partial charge in [0.1, 0.15) is 5.82 Å².